The normalized spacial score (nSPS) is 12.4. The molecule has 1 rings (SSSR count). The van der Waals surface area contributed by atoms with Gasteiger partial charge in [0.25, 0.3) is 0 Å². The summed E-state index contributed by atoms with van der Waals surface area (Å²) in [4.78, 5) is 0. The van der Waals surface area contributed by atoms with Crippen molar-refractivity contribution in [3.8, 4) is 5.75 Å². The molecule has 0 fully saturated rings. The molecule has 108 valence electrons. The first-order valence-corrected chi connectivity index (χ1v) is 8.45. The van der Waals surface area contributed by atoms with E-state index < -0.39 is 0 Å². The second kappa shape index (κ2) is 10.2. The molecule has 1 unspecified atom stereocenters. The summed E-state index contributed by atoms with van der Waals surface area (Å²) in [5.74, 6) is 3.36. The van der Waals surface area contributed by atoms with Crippen LogP contribution in [0.15, 0.2) is 24.3 Å². The topological polar surface area (TPSA) is 21.3 Å². The molecule has 0 bridgehead atoms. The minimum absolute atomic E-state index is 0.432. The largest absolute Gasteiger partial charge is 0.494 e. The Morgan fingerprint density at radius 1 is 1.16 bits per heavy atom. The van der Waals surface area contributed by atoms with Gasteiger partial charge < -0.3 is 10.1 Å². The highest BCUT2D eigenvalue weighted by atomic mass is 32.2. The Bertz CT molecular complexity index is 326. The van der Waals surface area contributed by atoms with Crippen LogP contribution < -0.4 is 10.1 Å². The number of hydrogen-bond donors (Lipinski definition) is 1. The van der Waals surface area contributed by atoms with Crippen molar-refractivity contribution in [1.82, 2.24) is 5.32 Å². The number of unbranched alkanes of at least 4 members (excludes halogenated alkanes) is 1. The van der Waals surface area contributed by atoms with Crippen molar-refractivity contribution in [3.63, 3.8) is 0 Å². The van der Waals surface area contributed by atoms with Crippen LogP contribution in [0.25, 0.3) is 0 Å². The van der Waals surface area contributed by atoms with Crippen LogP contribution in [-0.4, -0.2) is 25.2 Å². The average Bonchev–Trinajstić information content (AvgIpc) is 2.46. The van der Waals surface area contributed by atoms with Crippen LogP contribution in [0.1, 0.15) is 44.7 Å². The number of nitrogens with one attached hydrogen (secondary N) is 1. The van der Waals surface area contributed by atoms with E-state index >= 15 is 0 Å². The van der Waals surface area contributed by atoms with Gasteiger partial charge >= 0.3 is 0 Å². The van der Waals surface area contributed by atoms with Gasteiger partial charge in [0.05, 0.1) is 6.61 Å². The first-order chi connectivity index (χ1) is 9.31. The van der Waals surface area contributed by atoms with E-state index in [1.54, 1.807) is 0 Å². The van der Waals surface area contributed by atoms with Crippen LogP contribution >= 0.6 is 11.8 Å². The van der Waals surface area contributed by atoms with Crippen LogP contribution in [0, 0.1) is 0 Å². The third-order valence-electron chi connectivity index (χ3n) is 3.03. The molecule has 3 heteroatoms. The fourth-order valence-corrected chi connectivity index (χ4v) is 3.06. The summed E-state index contributed by atoms with van der Waals surface area (Å²) in [6, 6.07) is 8.93. The van der Waals surface area contributed by atoms with Crippen LogP contribution in [0.2, 0.25) is 0 Å². The van der Waals surface area contributed by atoms with E-state index in [1.165, 1.54) is 24.2 Å². The summed E-state index contributed by atoms with van der Waals surface area (Å²) in [6.07, 6.45) is 3.64. The first-order valence-electron chi connectivity index (χ1n) is 7.29. The molecule has 1 aromatic carbocycles. The number of hydrogen-bond acceptors (Lipinski definition) is 3. The summed E-state index contributed by atoms with van der Waals surface area (Å²) in [5.41, 5.74) is 1.34. The molecule has 0 saturated carbocycles. The SMILES string of the molecule is CCCCSCC(NC)c1ccc(OCCC)cc1. The molecule has 0 aromatic heterocycles. The first kappa shape index (κ1) is 16.4. The molecule has 0 aliphatic carbocycles. The summed E-state index contributed by atoms with van der Waals surface area (Å²) in [7, 11) is 2.03. The zero-order valence-corrected chi connectivity index (χ0v) is 13.3. The molecule has 0 heterocycles. The predicted octanol–water partition coefficient (Wildman–Crippen LogP) is 4.27. The Balaban J connectivity index is 2.46. The van der Waals surface area contributed by atoms with Crippen molar-refractivity contribution in [2.45, 2.75) is 39.2 Å². The van der Waals surface area contributed by atoms with E-state index in [2.05, 4.69) is 43.4 Å². The van der Waals surface area contributed by atoms with E-state index in [9.17, 15) is 0 Å². The Kier molecular flexibility index (Phi) is 8.76. The minimum Gasteiger partial charge on any atom is -0.494 e. The molecule has 0 aliphatic heterocycles. The molecular weight excluding hydrogens is 254 g/mol. The van der Waals surface area contributed by atoms with Crippen molar-refractivity contribution >= 4 is 11.8 Å². The zero-order chi connectivity index (χ0) is 13.9. The molecule has 0 saturated heterocycles. The zero-order valence-electron chi connectivity index (χ0n) is 12.4. The highest BCUT2D eigenvalue weighted by Crippen LogP contribution is 2.21. The van der Waals surface area contributed by atoms with Gasteiger partial charge in [0.2, 0.25) is 0 Å². The predicted molar refractivity (Wildman–Crippen MR) is 86.3 cm³/mol. The lowest BCUT2D eigenvalue weighted by Crippen LogP contribution is -2.18. The van der Waals surface area contributed by atoms with Gasteiger partial charge in [-0.25, -0.2) is 0 Å². The Labute approximate surface area is 122 Å². The van der Waals surface area contributed by atoms with Crippen molar-refractivity contribution in [3.05, 3.63) is 29.8 Å². The van der Waals surface area contributed by atoms with Crippen molar-refractivity contribution in [1.29, 1.82) is 0 Å². The third kappa shape index (κ3) is 6.35. The van der Waals surface area contributed by atoms with Gasteiger partial charge in [-0.05, 0) is 43.3 Å². The summed E-state index contributed by atoms with van der Waals surface area (Å²) < 4.78 is 5.61. The fraction of sp³-hybridized carbons (Fsp3) is 0.625. The molecule has 1 aromatic rings. The molecular formula is C16H27NOS. The standard InChI is InChI=1S/C16H27NOS/c1-4-6-12-19-13-16(17-3)14-7-9-15(10-8-14)18-11-5-2/h7-10,16-17H,4-6,11-13H2,1-3H3. The lowest BCUT2D eigenvalue weighted by atomic mass is 10.1. The third-order valence-corrected chi connectivity index (χ3v) is 4.18. The number of ether oxygens (including phenoxy) is 1. The number of benzene rings is 1. The second-order valence-electron chi connectivity index (χ2n) is 4.69. The Morgan fingerprint density at radius 3 is 2.47 bits per heavy atom. The molecule has 0 radical (unpaired) electrons. The number of thioether (sulfide) groups is 1. The lowest BCUT2D eigenvalue weighted by molar-refractivity contribution is 0.317. The van der Waals surface area contributed by atoms with Gasteiger partial charge in [-0.1, -0.05) is 32.4 Å². The highest BCUT2D eigenvalue weighted by molar-refractivity contribution is 7.99. The maximum absolute atomic E-state index is 5.61. The van der Waals surface area contributed by atoms with Crippen molar-refractivity contribution < 1.29 is 4.74 Å². The lowest BCUT2D eigenvalue weighted by Gasteiger charge is -2.16. The van der Waals surface area contributed by atoms with Gasteiger partial charge in [-0.3, -0.25) is 0 Å². The molecule has 1 N–H and O–H groups in total. The van der Waals surface area contributed by atoms with E-state index in [0.29, 0.717) is 6.04 Å². The average molecular weight is 281 g/mol. The van der Waals surface area contributed by atoms with E-state index in [4.69, 9.17) is 4.74 Å². The highest BCUT2D eigenvalue weighted by Gasteiger charge is 2.09. The van der Waals surface area contributed by atoms with Crippen LogP contribution in [0.4, 0.5) is 0 Å². The molecule has 19 heavy (non-hydrogen) atoms. The summed E-state index contributed by atoms with van der Waals surface area (Å²) >= 11 is 2.03. The molecule has 0 spiro atoms. The summed E-state index contributed by atoms with van der Waals surface area (Å²) in [5, 5.41) is 3.40. The fourth-order valence-electron chi connectivity index (χ4n) is 1.81. The number of rotatable bonds is 10. The van der Waals surface area contributed by atoms with Crippen LogP contribution in [-0.2, 0) is 0 Å². The van der Waals surface area contributed by atoms with Gasteiger partial charge in [-0.15, -0.1) is 0 Å². The molecule has 0 aliphatic rings. The molecule has 1 atom stereocenters. The quantitative estimate of drug-likeness (QED) is 0.647. The maximum atomic E-state index is 5.61. The van der Waals surface area contributed by atoms with Crippen molar-refractivity contribution in [2.75, 3.05) is 25.2 Å². The Morgan fingerprint density at radius 2 is 1.89 bits per heavy atom. The van der Waals surface area contributed by atoms with Crippen molar-refractivity contribution in [2.24, 2.45) is 0 Å². The van der Waals surface area contributed by atoms with Gasteiger partial charge in [0.15, 0.2) is 0 Å². The van der Waals surface area contributed by atoms with E-state index in [0.717, 1.165) is 24.5 Å². The van der Waals surface area contributed by atoms with Gasteiger partial charge in [-0.2, -0.15) is 11.8 Å². The Hall–Kier alpha value is -0.670. The van der Waals surface area contributed by atoms with Crippen LogP contribution in [0.3, 0.4) is 0 Å². The van der Waals surface area contributed by atoms with Crippen LogP contribution in [0.5, 0.6) is 5.75 Å². The van der Waals surface area contributed by atoms with Gasteiger partial charge in [0, 0.05) is 11.8 Å². The molecule has 0 amide bonds. The minimum atomic E-state index is 0.432. The van der Waals surface area contributed by atoms with E-state index in [-0.39, 0.29) is 0 Å². The smallest absolute Gasteiger partial charge is 0.119 e. The second-order valence-corrected chi connectivity index (χ2v) is 5.84. The molecule has 2 nitrogen and oxygen atoms in total. The summed E-state index contributed by atoms with van der Waals surface area (Å²) in [6.45, 7) is 5.16. The van der Waals surface area contributed by atoms with E-state index in [1.807, 2.05) is 18.8 Å². The maximum Gasteiger partial charge on any atom is 0.119 e. The monoisotopic (exact) mass is 281 g/mol. The van der Waals surface area contributed by atoms with Gasteiger partial charge in [0.1, 0.15) is 5.75 Å².